The highest BCUT2D eigenvalue weighted by atomic mass is 127. The minimum atomic E-state index is 0. The molecule has 3 atom stereocenters. The molecule has 2 aliphatic rings. The van der Waals surface area contributed by atoms with E-state index in [-0.39, 0.29) is 30.1 Å². The summed E-state index contributed by atoms with van der Waals surface area (Å²) in [6.07, 6.45) is 3.57. The number of hydrogen-bond donors (Lipinski definition) is 1. The maximum Gasteiger partial charge on any atom is 0.193 e. The number of nitrogens with one attached hydrogen (secondary N) is 1. The number of ether oxygens (including phenoxy) is 2. The summed E-state index contributed by atoms with van der Waals surface area (Å²) < 4.78 is 12.2. The zero-order valence-electron chi connectivity index (χ0n) is 20.6. The molecule has 0 spiro atoms. The van der Waals surface area contributed by atoms with Gasteiger partial charge in [0.2, 0.25) is 0 Å². The van der Waals surface area contributed by atoms with Gasteiger partial charge in [0.1, 0.15) is 0 Å². The van der Waals surface area contributed by atoms with Crippen LogP contribution in [0.25, 0.3) is 0 Å². The van der Waals surface area contributed by atoms with Crippen molar-refractivity contribution in [3.8, 4) is 0 Å². The van der Waals surface area contributed by atoms with Crippen LogP contribution in [0.4, 0.5) is 0 Å². The van der Waals surface area contributed by atoms with Gasteiger partial charge < -0.3 is 19.7 Å². The van der Waals surface area contributed by atoms with Gasteiger partial charge in [-0.05, 0) is 44.2 Å². The van der Waals surface area contributed by atoms with Gasteiger partial charge in [0, 0.05) is 44.6 Å². The minimum Gasteiger partial charge on any atom is -0.376 e. The SMILES string of the molecule is CCNC(=NCC1CCCOC1c1ccc(C)cc1)N1CCC(COCc2ccccc2)C1.I. The third-order valence-electron chi connectivity index (χ3n) is 6.71. The lowest BCUT2D eigenvalue weighted by Crippen LogP contribution is -2.41. The largest absolute Gasteiger partial charge is 0.376 e. The predicted octanol–water partition coefficient (Wildman–Crippen LogP) is 5.58. The summed E-state index contributed by atoms with van der Waals surface area (Å²) in [5, 5.41) is 3.52. The summed E-state index contributed by atoms with van der Waals surface area (Å²) in [6, 6.07) is 19.2. The molecule has 186 valence electrons. The standard InChI is InChI=1S/C28H39N3O2.HI/c1-3-29-28(31-16-15-24(19-31)21-32-20-23-8-5-4-6-9-23)30-18-26-10-7-17-33-27(26)25-13-11-22(2)12-14-25;/h4-6,8-9,11-14,24,26-27H,3,7,10,15-21H2,1-2H3,(H,29,30);1H. The number of aliphatic imine (C=N–C) groups is 1. The van der Waals surface area contributed by atoms with Gasteiger partial charge in [0.05, 0.1) is 19.3 Å². The highest BCUT2D eigenvalue weighted by Crippen LogP contribution is 2.34. The van der Waals surface area contributed by atoms with Crippen molar-refractivity contribution in [2.75, 3.05) is 39.4 Å². The molecule has 4 rings (SSSR count). The molecule has 0 radical (unpaired) electrons. The van der Waals surface area contributed by atoms with Crippen LogP contribution in [0.1, 0.15) is 49.0 Å². The second kappa shape index (κ2) is 14.0. The number of benzene rings is 2. The van der Waals surface area contributed by atoms with Crippen molar-refractivity contribution in [3.05, 3.63) is 71.3 Å². The lowest BCUT2D eigenvalue weighted by Gasteiger charge is -2.32. The van der Waals surface area contributed by atoms with Crippen LogP contribution in [0.3, 0.4) is 0 Å². The Morgan fingerprint density at radius 2 is 1.91 bits per heavy atom. The van der Waals surface area contributed by atoms with Crippen molar-refractivity contribution < 1.29 is 9.47 Å². The van der Waals surface area contributed by atoms with Crippen molar-refractivity contribution >= 4 is 29.9 Å². The van der Waals surface area contributed by atoms with Crippen molar-refractivity contribution in [1.82, 2.24) is 10.2 Å². The Kier molecular flexibility index (Phi) is 11.1. The first-order valence-corrected chi connectivity index (χ1v) is 12.6. The average Bonchev–Trinajstić information content (AvgIpc) is 3.32. The topological polar surface area (TPSA) is 46.1 Å². The molecule has 5 nitrogen and oxygen atoms in total. The molecule has 1 N–H and O–H groups in total. The Hall–Kier alpha value is -1.64. The first-order valence-electron chi connectivity index (χ1n) is 12.6. The molecular formula is C28H40IN3O2. The number of guanidine groups is 1. The molecule has 0 saturated carbocycles. The second-order valence-electron chi connectivity index (χ2n) is 9.40. The lowest BCUT2D eigenvalue weighted by atomic mass is 9.89. The number of halogens is 1. The van der Waals surface area contributed by atoms with Crippen LogP contribution in [-0.4, -0.2) is 50.3 Å². The van der Waals surface area contributed by atoms with E-state index in [0.29, 0.717) is 18.4 Å². The van der Waals surface area contributed by atoms with Crippen LogP contribution < -0.4 is 5.32 Å². The summed E-state index contributed by atoms with van der Waals surface area (Å²) in [5.41, 5.74) is 3.80. The Morgan fingerprint density at radius 3 is 2.68 bits per heavy atom. The number of hydrogen-bond acceptors (Lipinski definition) is 3. The molecule has 0 amide bonds. The van der Waals surface area contributed by atoms with E-state index in [1.165, 1.54) is 16.7 Å². The fraction of sp³-hybridized carbons (Fsp3) is 0.536. The molecule has 2 aromatic carbocycles. The second-order valence-corrected chi connectivity index (χ2v) is 9.40. The van der Waals surface area contributed by atoms with Gasteiger partial charge in [-0.2, -0.15) is 0 Å². The molecular weight excluding hydrogens is 537 g/mol. The molecule has 0 aromatic heterocycles. The van der Waals surface area contributed by atoms with Crippen molar-refractivity contribution in [3.63, 3.8) is 0 Å². The van der Waals surface area contributed by atoms with Crippen molar-refractivity contribution in [2.24, 2.45) is 16.8 Å². The Labute approximate surface area is 222 Å². The number of likely N-dealkylation sites (tertiary alicyclic amines) is 1. The molecule has 0 aliphatic carbocycles. The van der Waals surface area contributed by atoms with Crippen LogP contribution in [-0.2, 0) is 16.1 Å². The molecule has 0 bridgehead atoms. The predicted molar refractivity (Wildman–Crippen MR) is 150 cm³/mol. The smallest absolute Gasteiger partial charge is 0.193 e. The van der Waals surface area contributed by atoms with Crippen LogP contribution in [0.15, 0.2) is 59.6 Å². The molecule has 2 heterocycles. The van der Waals surface area contributed by atoms with E-state index in [1.54, 1.807) is 0 Å². The quantitative estimate of drug-likeness (QED) is 0.253. The molecule has 3 unspecified atom stereocenters. The Bertz CT molecular complexity index is 875. The normalized spacial score (nSPS) is 22.9. The average molecular weight is 578 g/mol. The molecule has 34 heavy (non-hydrogen) atoms. The lowest BCUT2D eigenvalue weighted by molar-refractivity contribution is -0.0250. The van der Waals surface area contributed by atoms with Gasteiger partial charge in [-0.25, -0.2) is 0 Å². The molecule has 2 aromatic rings. The Balaban J connectivity index is 0.00000324. The van der Waals surface area contributed by atoms with E-state index in [0.717, 1.165) is 64.6 Å². The van der Waals surface area contributed by atoms with Crippen molar-refractivity contribution in [2.45, 2.75) is 45.8 Å². The van der Waals surface area contributed by atoms with Gasteiger partial charge in [-0.1, -0.05) is 60.2 Å². The van der Waals surface area contributed by atoms with E-state index in [2.05, 4.69) is 72.6 Å². The molecule has 6 heteroatoms. The zero-order chi connectivity index (χ0) is 22.9. The van der Waals surface area contributed by atoms with Gasteiger partial charge in [0.25, 0.3) is 0 Å². The van der Waals surface area contributed by atoms with E-state index in [4.69, 9.17) is 14.5 Å². The fourth-order valence-corrected chi connectivity index (χ4v) is 4.86. The van der Waals surface area contributed by atoms with Gasteiger partial charge in [-0.15, -0.1) is 24.0 Å². The molecule has 2 aliphatic heterocycles. The molecule has 2 fully saturated rings. The Morgan fingerprint density at radius 1 is 1.12 bits per heavy atom. The minimum absolute atomic E-state index is 0. The maximum atomic E-state index is 6.21. The highest BCUT2D eigenvalue weighted by Gasteiger charge is 2.29. The van der Waals surface area contributed by atoms with Crippen molar-refractivity contribution in [1.29, 1.82) is 0 Å². The van der Waals surface area contributed by atoms with Gasteiger partial charge >= 0.3 is 0 Å². The number of rotatable bonds is 8. The summed E-state index contributed by atoms with van der Waals surface area (Å²) in [4.78, 5) is 7.49. The highest BCUT2D eigenvalue weighted by molar-refractivity contribution is 14.0. The van der Waals surface area contributed by atoms with E-state index >= 15 is 0 Å². The number of nitrogens with zero attached hydrogens (tertiary/aromatic N) is 2. The maximum absolute atomic E-state index is 6.21. The first kappa shape index (κ1) is 27.0. The van der Waals surface area contributed by atoms with Gasteiger partial charge in [-0.3, -0.25) is 4.99 Å². The summed E-state index contributed by atoms with van der Waals surface area (Å²) >= 11 is 0. The van der Waals surface area contributed by atoms with Crippen LogP contribution in [0, 0.1) is 18.8 Å². The van der Waals surface area contributed by atoms with Crippen LogP contribution >= 0.6 is 24.0 Å². The summed E-state index contributed by atoms with van der Waals surface area (Å²) in [5.74, 6) is 2.01. The van der Waals surface area contributed by atoms with E-state index < -0.39 is 0 Å². The third-order valence-corrected chi connectivity index (χ3v) is 6.71. The first-order chi connectivity index (χ1) is 16.2. The van der Waals surface area contributed by atoms with E-state index in [1.807, 2.05) is 6.07 Å². The number of aryl methyl sites for hydroxylation is 1. The fourth-order valence-electron chi connectivity index (χ4n) is 4.86. The summed E-state index contributed by atoms with van der Waals surface area (Å²) in [7, 11) is 0. The van der Waals surface area contributed by atoms with Crippen LogP contribution in [0.2, 0.25) is 0 Å². The van der Waals surface area contributed by atoms with Crippen LogP contribution in [0.5, 0.6) is 0 Å². The summed E-state index contributed by atoms with van der Waals surface area (Å²) in [6.45, 7) is 10.3. The third kappa shape index (κ3) is 7.68. The monoisotopic (exact) mass is 577 g/mol. The van der Waals surface area contributed by atoms with Gasteiger partial charge in [0.15, 0.2) is 5.96 Å². The molecule has 2 saturated heterocycles. The van der Waals surface area contributed by atoms with E-state index in [9.17, 15) is 0 Å². The zero-order valence-corrected chi connectivity index (χ0v) is 22.9.